The van der Waals surface area contributed by atoms with Crippen molar-refractivity contribution in [2.45, 2.75) is 13.3 Å². The Morgan fingerprint density at radius 2 is 1.97 bits per heavy atom. The van der Waals surface area contributed by atoms with Crippen LogP contribution in [0.3, 0.4) is 0 Å². The standard InChI is InChI=1S/C26H32N6O3/c1-3-24(28-11-10-22-5-4-16-35-22)32-25(27-2)23(19-30-32)20-6-8-21(9-7-20)26(33)29-12-13-31-14-17-34-18-15-31/h3-9,16,19,28H,2,10-15,17-18H2,1H3,(H,29,33)/b24-3-. The van der Waals surface area contributed by atoms with E-state index in [0.717, 1.165) is 62.0 Å². The molecule has 2 N–H and O–H groups in total. The van der Waals surface area contributed by atoms with Crippen LogP contribution in [0, 0.1) is 0 Å². The molecule has 4 rings (SSSR count). The number of rotatable bonds is 11. The lowest BCUT2D eigenvalue weighted by Gasteiger charge is -2.26. The summed E-state index contributed by atoms with van der Waals surface area (Å²) >= 11 is 0. The summed E-state index contributed by atoms with van der Waals surface area (Å²) in [5, 5.41) is 10.9. The minimum Gasteiger partial charge on any atom is -0.469 e. The molecule has 9 nitrogen and oxygen atoms in total. The van der Waals surface area contributed by atoms with Crippen LogP contribution in [0.1, 0.15) is 23.0 Å². The maximum atomic E-state index is 12.6. The quantitative estimate of drug-likeness (QED) is 0.413. The molecule has 0 radical (unpaired) electrons. The Morgan fingerprint density at radius 3 is 2.66 bits per heavy atom. The molecular formula is C26H32N6O3. The molecule has 0 aliphatic carbocycles. The van der Waals surface area contributed by atoms with Crippen LogP contribution in [0.2, 0.25) is 0 Å². The molecule has 0 spiro atoms. The number of amides is 1. The highest BCUT2D eigenvalue weighted by Gasteiger charge is 2.15. The summed E-state index contributed by atoms with van der Waals surface area (Å²) in [6.07, 6.45) is 6.13. The van der Waals surface area contributed by atoms with E-state index in [1.54, 1.807) is 17.1 Å². The van der Waals surface area contributed by atoms with Crippen molar-refractivity contribution in [2.24, 2.45) is 4.99 Å². The third-order valence-electron chi connectivity index (χ3n) is 5.93. The van der Waals surface area contributed by atoms with E-state index in [1.165, 1.54) is 0 Å². The highest BCUT2D eigenvalue weighted by Crippen LogP contribution is 2.31. The predicted molar refractivity (Wildman–Crippen MR) is 137 cm³/mol. The predicted octanol–water partition coefficient (Wildman–Crippen LogP) is 3.19. The maximum absolute atomic E-state index is 12.6. The van der Waals surface area contributed by atoms with Gasteiger partial charge in [-0.3, -0.25) is 9.69 Å². The second kappa shape index (κ2) is 12.1. The summed E-state index contributed by atoms with van der Waals surface area (Å²) in [6.45, 7) is 11.1. The van der Waals surface area contributed by atoms with Crippen molar-refractivity contribution in [3.05, 3.63) is 66.3 Å². The van der Waals surface area contributed by atoms with Gasteiger partial charge in [0.25, 0.3) is 5.91 Å². The second-order valence-corrected chi connectivity index (χ2v) is 8.17. The number of carbonyl (C=O) groups is 1. The lowest BCUT2D eigenvalue weighted by Crippen LogP contribution is -2.41. The summed E-state index contributed by atoms with van der Waals surface area (Å²) in [7, 11) is 0. The van der Waals surface area contributed by atoms with E-state index in [2.05, 4.69) is 32.3 Å². The number of hydrogen-bond donors (Lipinski definition) is 2. The maximum Gasteiger partial charge on any atom is 0.251 e. The number of aromatic nitrogens is 2. The van der Waals surface area contributed by atoms with Crippen molar-refractivity contribution in [3.63, 3.8) is 0 Å². The van der Waals surface area contributed by atoms with Crippen LogP contribution < -0.4 is 10.6 Å². The number of hydrogen-bond acceptors (Lipinski definition) is 7. The van der Waals surface area contributed by atoms with Gasteiger partial charge >= 0.3 is 0 Å². The summed E-state index contributed by atoms with van der Waals surface area (Å²) in [4.78, 5) is 19.1. The van der Waals surface area contributed by atoms with Crippen LogP contribution >= 0.6 is 0 Å². The number of aliphatic imine (C=N–C) groups is 1. The van der Waals surface area contributed by atoms with Crippen molar-refractivity contribution < 1.29 is 13.9 Å². The molecule has 35 heavy (non-hydrogen) atoms. The number of nitrogens with one attached hydrogen (secondary N) is 2. The van der Waals surface area contributed by atoms with Gasteiger partial charge in [0, 0.05) is 50.3 Å². The third-order valence-corrected chi connectivity index (χ3v) is 5.93. The Bertz CT molecular complexity index is 1130. The first-order chi connectivity index (χ1) is 17.2. The van der Waals surface area contributed by atoms with Gasteiger partial charge in [-0.05, 0) is 49.5 Å². The lowest BCUT2D eigenvalue weighted by atomic mass is 10.1. The first-order valence-corrected chi connectivity index (χ1v) is 11.9. The molecule has 1 fully saturated rings. The van der Waals surface area contributed by atoms with Crippen molar-refractivity contribution in [3.8, 4) is 11.1 Å². The van der Waals surface area contributed by atoms with Crippen LogP contribution in [-0.2, 0) is 11.2 Å². The van der Waals surface area contributed by atoms with Crippen LogP contribution in [0.4, 0.5) is 5.82 Å². The first-order valence-electron chi connectivity index (χ1n) is 11.9. The Balaban J connectivity index is 1.37. The van der Waals surface area contributed by atoms with Crippen LogP contribution in [0.25, 0.3) is 16.9 Å². The number of furan rings is 1. The zero-order valence-corrected chi connectivity index (χ0v) is 20.1. The van der Waals surface area contributed by atoms with Gasteiger partial charge in [0.05, 0.1) is 25.7 Å². The molecule has 0 atom stereocenters. The normalized spacial score (nSPS) is 14.6. The topological polar surface area (TPSA) is 96.9 Å². The van der Waals surface area contributed by atoms with Gasteiger partial charge in [-0.2, -0.15) is 9.78 Å². The van der Waals surface area contributed by atoms with Gasteiger partial charge in [0.2, 0.25) is 0 Å². The van der Waals surface area contributed by atoms with E-state index in [4.69, 9.17) is 9.15 Å². The molecule has 1 aromatic carbocycles. The molecule has 184 valence electrons. The van der Waals surface area contributed by atoms with E-state index < -0.39 is 0 Å². The summed E-state index contributed by atoms with van der Waals surface area (Å²) in [5.74, 6) is 2.27. The van der Waals surface area contributed by atoms with E-state index in [9.17, 15) is 4.79 Å². The van der Waals surface area contributed by atoms with Crippen molar-refractivity contribution in [2.75, 3.05) is 45.9 Å². The molecule has 0 unspecified atom stereocenters. The number of benzene rings is 1. The number of allylic oxidation sites excluding steroid dienone is 1. The molecule has 0 bridgehead atoms. The van der Waals surface area contributed by atoms with Gasteiger partial charge in [0.15, 0.2) is 5.82 Å². The molecule has 2 aromatic heterocycles. The largest absolute Gasteiger partial charge is 0.469 e. The van der Waals surface area contributed by atoms with Crippen molar-refractivity contribution in [1.29, 1.82) is 0 Å². The van der Waals surface area contributed by atoms with Gasteiger partial charge in [-0.15, -0.1) is 0 Å². The van der Waals surface area contributed by atoms with Crippen LogP contribution in [0.15, 0.2) is 64.3 Å². The Kier molecular flexibility index (Phi) is 8.48. The summed E-state index contributed by atoms with van der Waals surface area (Å²) < 4.78 is 12.5. The Morgan fingerprint density at radius 1 is 1.17 bits per heavy atom. The lowest BCUT2D eigenvalue weighted by molar-refractivity contribution is 0.0383. The van der Waals surface area contributed by atoms with Crippen LogP contribution in [0.5, 0.6) is 0 Å². The van der Waals surface area contributed by atoms with Gasteiger partial charge in [0.1, 0.15) is 11.6 Å². The first kappa shape index (κ1) is 24.4. The summed E-state index contributed by atoms with van der Waals surface area (Å²) in [5.41, 5.74) is 2.37. The average molecular weight is 477 g/mol. The number of morpholine rings is 1. The fraction of sp³-hybridized carbons (Fsp3) is 0.346. The minimum absolute atomic E-state index is 0.0838. The van der Waals surface area contributed by atoms with E-state index in [1.807, 2.05) is 49.4 Å². The van der Waals surface area contributed by atoms with Crippen molar-refractivity contribution in [1.82, 2.24) is 25.3 Å². The average Bonchev–Trinajstić information content (AvgIpc) is 3.57. The fourth-order valence-electron chi connectivity index (χ4n) is 4.00. The number of nitrogens with zero attached hydrogens (tertiary/aromatic N) is 4. The molecule has 1 amide bonds. The Hall–Kier alpha value is -3.69. The smallest absolute Gasteiger partial charge is 0.251 e. The molecular weight excluding hydrogens is 444 g/mol. The molecule has 9 heteroatoms. The SMILES string of the molecule is C=Nc1c(-c2ccc(C(=O)NCCN3CCOCC3)cc2)cnn1/C(=C\C)NCCc1ccco1. The zero-order chi connectivity index (χ0) is 24.5. The molecule has 1 aliphatic rings. The van der Waals surface area contributed by atoms with Gasteiger partial charge in [-0.1, -0.05) is 12.1 Å². The third kappa shape index (κ3) is 6.26. The highest BCUT2D eigenvalue weighted by molar-refractivity contribution is 5.94. The summed E-state index contributed by atoms with van der Waals surface area (Å²) in [6, 6.07) is 11.3. The highest BCUT2D eigenvalue weighted by atomic mass is 16.5. The molecule has 1 saturated heterocycles. The molecule has 1 aliphatic heterocycles. The zero-order valence-electron chi connectivity index (χ0n) is 20.1. The Labute approximate surface area is 205 Å². The molecule has 3 heterocycles. The van der Waals surface area contributed by atoms with Crippen LogP contribution in [-0.4, -0.2) is 73.2 Å². The minimum atomic E-state index is -0.0838. The van der Waals surface area contributed by atoms with E-state index in [-0.39, 0.29) is 5.91 Å². The number of ether oxygens (including phenoxy) is 1. The van der Waals surface area contributed by atoms with E-state index in [0.29, 0.717) is 24.5 Å². The van der Waals surface area contributed by atoms with E-state index >= 15 is 0 Å². The second-order valence-electron chi connectivity index (χ2n) is 8.17. The van der Waals surface area contributed by atoms with Gasteiger partial charge in [-0.25, -0.2) is 4.99 Å². The monoisotopic (exact) mass is 476 g/mol. The van der Waals surface area contributed by atoms with Crippen molar-refractivity contribution >= 4 is 24.3 Å². The fourth-order valence-corrected chi connectivity index (χ4v) is 4.00. The number of carbonyl (C=O) groups excluding carboxylic acids is 1. The molecule has 3 aromatic rings. The molecule has 0 saturated carbocycles. The van der Waals surface area contributed by atoms with Gasteiger partial charge < -0.3 is 19.8 Å².